The molecule has 2 N–H and O–H groups in total. The van der Waals surface area contributed by atoms with Crippen molar-refractivity contribution in [2.75, 3.05) is 16.9 Å². The van der Waals surface area contributed by atoms with E-state index in [0.717, 1.165) is 6.26 Å². The summed E-state index contributed by atoms with van der Waals surface area (Å²) in [4.78, 5) is 33.7. The van der Waals surface area contributed by atoms with Crippen molar-refractivity contribution in [1.82, 2.24) is 25.0 Å². The fourth-order valence-corrected chi connectivity index (χ4v) is 6.03. The highest BCUT2D eigenvalue weighted by molar-refractivity contribution is 7.86. The Kier molecular flexibility index (Phi) is 6.36. The number of ether oxygens (including phenoxy) is 1. The van der Waals surface area contributed by atoms with E-state index in [1.807, 2.05) is 0 Å². The second-order valence-corrected chi connectivity index (χ2v) is 11.6. The van der Waals surface area contributed by atoms with E-state index >= 15 is 0 Å². The van der Waals surface area contributed by atoms with Crippen LogP contribution < -0.4 is 10.6 Å². The Hall–Kier alpha value is -3.62. The van der Waals surface area contributed by atoms with Crippen LogP contribution in [0.5, 0.6) is 0 Å². The van der Waals surface area contributed by atoms with E-state index in [2.05, 4.69) is 30.9 Å². The van der Waals surface area contributed by atoms with Crippen LogP contribution in [0.15, 0.2) is 36.7 Å². The molecule has 3 fully saturated rings. The van der Waals surface area contributed by atoms with E-state index in [1.165, 1.54) is 17.1 Å². The molecule has 0 radical (unpaired) electrons. The predicted octanol–water partition coefficient (Wildman–Crippen LogP) is 3.07. The molecule has 3 saturated carbocycles. The van der Waals surface area contributed by atoms with Gasteiger partial charge in [-0.1, -0.05) is 22.9 Å². The fourth-order valence-electron chi connectivity index (χ4n) is 4.94. The highest BCUT2D eigenvalue weighted by Crippen LogP contribution is 2.69. The Morgan fingerprint density at radius 2 is 1.89 bits per heavy atom. The normalized spacial score (nSPS) is 22.5. The quantitative estimate of drug-likeness (QED) is 0.308. The van der Waals surface area contributed by atoms with E-state index in [0.29, 0.717) is 41.9 Å². The second-order valence-electron chi connectivity index (χ2n) is 9.63. The first-order valence-electron chi connectivity index (χ1n) is 11.5. The van der Waals surface area contributed by atoms with E-state index in [4.69, 9.17) is 20.5 Å². The highest BCUT2D eigenvalue weighted by Gasteiger charge is 2.74. The number of rotatable bonds is 8. The van der Waals surface area contributed by atoms with Crippen LogP contribution in [-0.2, 0) is 30.9 Å². The van der Waals surface area contributed by atoms with Gasteiger partial charge in [0.05, 0.1) is 34.8 Å². The summed E-state index contributed by atoms with van der Waals surface area (Å²) in [6, 6.07) is 6.69. The Labute approximate surface area is 223 Å². The van der Waals surface area contributed by atoms with Crippen molar-refractivity contribution >= 4 is 45.2 Å². The number of hydrogen-bond donors (Lipinski definition) is 2. The Morgan fingerprint density at radius 1 is 1.16 bits per heavy atom. The summed E-state index contributed by atoms with van der Waals surface area (Å²) < 4.78 is 34.7. The van der Waals surface area contributed by atoms with Crippen LogP contribution in [0.3, 0.4) is 0 Å². The van der Waals surface area contributed by atoms with Gasteiger partial charge in [-0.05, 0) is 44.4 Å². The summed E-state index contributed by atoms with van der Waals surface area (Å²) in [6.07, 6.45) is 3.69. The van der Waals surface area contributed by atoms with Gasteiger partial charge >= 0.3 is 6.09 Å². The minimum atomic E-state index is -3.57. The van der Waals surface area contributed by atoms with Crippen LogP contribution in [-0.4, -0.2) is 57.2 Å². The van der Waals surface area contributed by atoms with E-state index in [1.54, 1.807) is 38.2 Å². The summed E-state index contributed by atoms with van der Waals surface area (Å²) >= 11 is 6.08. The van der Waals surface area contributed by atoms with Gasteiger partial charge in [-0.15, -0.1) is 5.10 Å². The maximum absolute atomic E-state index is 12.8. The molecule has 3 aromatic heterocycles. The molecule has 0 saturated heterocycles. The van der Waals surface area contributed by atoms with Crippen LogP contribution >= 0.6 is 11.6 Å². The van der Waals surface area contributed by atoms with E-state index in [-0.39, 0.29) is 16.9 Å². The maximum atomic E-state index is 12.8. The zero-order chi connectivity index (χ0) is 27.3. The van der Waals surface area contributed by atoms with Crippen molar-refractivity contribution in [3.63, 3.8) is 0 Å². The molecule has 15 heteroatoms. The number of pyridine rings is 2. The molecule has 0 aromatic carbocycles. The summed E-state index contributed by atoms with van der Waals surface area (Å²) in [5.41, 5.74) is 0.356. The molecule has 3 heterocycles. The largest absolute Gasteiger partial charge is 0.441 e. The lowest BCUT2D eigenvalue weighted by Gasteiger charge is -2.67. The maximum Gasteiger partial charge on any atom is 0.413 e. The van der Waals surface area contributed by atoms with Gasteiger partial charge in [0.25, 0.3) is 10.1 Å². The van der Waals surface area contributed by atoms with Crippen molar-refractivity contribution in [3.8, 4) is 11.4 Å². The number of aryl methyl sites for hydroxylation is 1. The molecular formula is C23H24ClN7O6S. The third-order valence-electron chi connectivity index (χ3n) is 6.61. The smallest absolute Gasteiger partial charge is 0.413 e. The van der Waals surface area contributed by atoms with Crippen molar-refractivity contribution in [2.45, 2.75) is 37.9 Å². The van der Waals surface area contributed by atoms with Gasteiger partial charge in [0.15, 0.2) is 11.5 Å². The number of nitrogens with zero attached hydrogens (tertiary/aromatic N) is 5. The van der Waals surface area contributed by atoms with Crippen molar-refractivity contribution in [1.29, 1.82) is 0 Å². The van der Waals surface area contributed by atoms with Gasteiger partial charge in [-0.3, -0.25) is 19.3 Å². The number of amides is 2. The lowest BCUT2D eigenvalue weighted by atomic mass is 9.41. The van der Waals surface area contributed by atoms with Crippen LogP contribution in [0.25, 0.3) is 11.4 Å². The summed E-state index contributed by atoms with van der Waals surface area (Å²) in [5.74, 6) is 0.0484. The molecule has 3 aromatic rings. The fraction of sp³-hybridized carbons (Fsp3) is 0.391. The lowest BCUT2D eigenvalue weighted by Crippen LogP contribution is -2.72. The molecule has 2 bridgehead atoms. The third-order valence-corrected chi connectivity index (χ3v) is 7.58. The minimum absolute atomic E-state index is 0.210. The van der Waals surface area contributed by atoms with Crippen molar-refractivity contribution in [2.24, 2.45) is 12.5 Å². The van der Waals surface area contributed by atoms with Crippen molar-refractivity contribution in [3.05, 3.63) is 47.4 Å². The molecule has 38 heavy (non-hydrogen) atoms. The Morgan fingerprint density at radius 3 is 2.53 bits per heavy atom. The molecule has 2 amide bonds. The summed E-state index contributed by atoms with van der Waals surface area (Å²) in [5, 5.41) is 13.7. The van der Waals surface area contributed by atoms with Crippen molar-refractivity contribution < 1.29 is 26.9 Å². The molecule has 0 aliphatic heterocycles. The standard InChI is InChI=1S/C23H24ClN7O6S/c1-13(15-5-4-8-25-18(15)24)36-21(33)28-19-17(29-30-31(19)2)16-7-6-14(9-26-16)27-20(32)22-10-23(11-22,12-22)37-38(3,34)35/h4-9,13H,10-12H2,1-3H3,(H,27,32)(H,28,33). The third kappa shape index (κ3) is 4.93. The molecule has 0 spiro atoms. The van der Waals surface area contributed by atoms with Crippen LogP contribution in [0, 0.1) is 5.41 Å². The zero-order valence-electron chi connectivity index (χ0n) is 20.6. The van der Waals surface area contributed by atoms with Gasteiger partial charge < -0.3 is 10.1 Å². The van der Waals surface area contributed by atoms with E-state index < -0.39 is 33.3 Å². The molecule has 6 rings (SSSR count). The average Bonchev–Trinajstić information content (AvgIpc) is 3.15. The molecular weight excluding hydrogens is 538 g/mol. The Balaban J connectivity index is 1.21. The van der Waals surface area contributed by atoms with E-state index in [9.17, 15) is 18.0 Å². The SMILES string of the molecule is CC(OC(=O)Nc1c(-c2ccc(NC(=O)C34CC(OS(C)(=O)=O)(C3)C4)cn2)nnn1C)c1cccnc1Cl. The molecule has 200 valence electrons. The summed E-state index contributed by atoms with van der Waals surface area (Å²) in [7, 11) is -1.97. The molecule has 1 unspecified atom stereocenters. The number of hydrogen-bond acceptors (Lipinski definition) is 10. The monoisotopic (exact) mass is 561 g/mol. The lowest BCUT2D eigenvalue weighted by molar-refractivity contribution is -0.230. The first kappa shape index (κ1) is 26.0. The van der Waals surface area contributed by atoms with Gasteiger partial charge in [0, 0.05) is 18.8 Å². The van der Waals surface area contributed by atoms with Crippen LogP contribution in [0.2, 0.25) is 5.15 Å². The Bertz CT molecular complexity index is 1510. The minimum Gasteiger partial charge on any atom is -0.441 e. The zero-order valence-corrected chi connectivity index (χ0v) is 22.2. The average molecular weight is 562 g/mol. The number of halogens is 1. The summed E-state index contributed by atoms with van der Waals surface area (Å²) in [6.45, 7) is 1.67. The van der Waals surface area contributed by atoms with Crippen LogP contribution in [0.1, 0.15) is 37.9 Å². The van der Waals surface area contributed by atoms with Gasteiger partial charge in [0.2, 0.25) is 5.91 Å². The highest BCUT2D eigenvalue weighted by atomic mass is 35.5. The topological polar surface area (TPSA) is 167 Å². The molecule has 3 aliphatic carbocycles. The first-order valence-corrected chi connectivity index (χ1v) is 13.7. The molecule has 3 aliphatic rings. The predicted molar refractivity (Wildman–Crippen MR) is 136 cm³/mol. The number of carbonyl (C=O) groups excluding carboxylic acids is 2. The number of anilines is 2. The van der Waals surface area contributed by atoms with Gasteiger partial charge in [-0.2, -0.15) is 8.42 Å². The van der Waals surface area contributed by atoms with Crippen LogP contribution in [0.4, 0.5) is 16.3 Å². The number of nitrogens with one attached hydrogen (secondary N) is 2. The molecule has 13 nitrogen and oxygen atoms in total. The second kappa shape index (κ2) is 9.29. The molecule has 1 atom stereocenters. The number of carbonyl (C=O) groups is 2. The van der Waals surface area contributed by atoms with Gasteiger partial charge in [0.1, 0.15) is 11.3 Å². The first-order chi connectivity index (χ1) is 17.9. The van der Waals surface area contributed by atoms with Gasteiger partial charge in [-0.25, -0.2) is 14.5 Å². The number of aromatic nitrogens is 5.